The van der Waals surface area contributed by atoms with E-state index in [2.05, 4.69) is 4.52 Å². The molecule has 1 fully saturated rings. The van der Waals surface area contributed by atoms with Crippen molar-refractivity contribution in [3.05, 3.63) is 38.7 Å². The Labute approximate surface area is 191 Å². The molecule has 26 heavy (non-hydrogen) atoms. The van der Waals surface area contributed by atoms with E-state index in [4.69, 9.17) is 10.00 Å². The quantitative estimate of drug-likeness (QED) is 0.274. The normalized spacial score (nSPS) is 22.5. The first-order valence-corrected chi connectivity index (χ1v) is 8.09. The van der Waals surface area contributed by atoms with Gasteiger partial charge in [-0.3, -0.25) is 14.3 Å². The van der Waals surface area contributed by atoms with Crippen LogP contribution in [0.15, 0.2) is 21.9 Å². The number of phosphoric ester groups is 1. The Hall–Kier alpha value is -0.0600. The van der Waals surface area contributed by atoms with Gasteiger partial charge in [-0.15, -0.1) is 0 Å². The van der Waals surface area contributed by atoms with E-state index in [9.17, 15) is 29.0 Å². The number of nitrogens with one attached hydrogen (secondary N) is 1. The van der Waals surface area contributed by atoms with Crippen LogP contribution in [0.25, 0.3) is 6.08 Å². The van der Waals surface area contributed by atoms with Gasteiger partial charge < -0.3 is 28.7 Å². The molecule has 2 N–H and O–H groups in total. The molecule has 0 amide bonds. The Morgan fingerprint density at radius 3 is 2.73 bits per heavy atom. The molecule has 0 bridgehead atoms. The summed E-state index contributed by atoms with van der Waals surface area (Å²) in [7, 11) is -5.22. The van der Waals surface area contributed by atoms with Crippen molar-refractivity contribution in [2.75, 3.05) is 6.61 Å². The Bertz CT molecular complexity index is 842. The van der Waals surface area contributed by atoms with Gasteiger partial charge in [-0.2, -0.15) is 5.26 Å². The van der Waals surface area contributed by atoms with Gasteiger partial charge in [-0.05, 0) is 6.08 Å². The average molecular weight is 403 g/mol. The molecule has 1 aromatic heterocycles. The maximum atomic E-state index is 11.9. The summed E-state index contributed by atoms with van der Waals surface area (Å²) in [5.74, 6) is 0. The molecule has 1 aromatic rings. The monoisotopic (exact) mass is 403 g/mol. The van der Waals surface area contributed by atoms with Crippen molar-refractivity contribution in [3.8, 4) is 6.07 Å². The molecule has 2 heterocycles. The van der Waals surface area contributed by atoms with Crippen molar-refractivity contribution in [3.63, 3.8) is 0 Å². The molecule has 1 aliphatic rings. The molecule has 14 heteroatoms. The number of rotatable bonds is 5. The molecule has 0 radical (unpaired) electrons. The number of phosphoric acid groups is 1. The number of aliphatic hydroxyl groups is 1. The molecule has 0 saturated carbocycles. The second-order valence-electron chi connectivity index (χ2n) is 4.89. The minimum Gasteiger partial charge on any atom is -0.790 e. The third kappa shape index (κ3) is 7.16. The number of aromatic amines is 1. The fraction of sp³-hybridized carbons (Fsp3) is 0.417. The van der Waals surface area contributed by atoms with E-state index in [1.165, 1.54) is 6.08 Å². The van der Waals surface area contributed by atoms with E-state index in [-0.39, 0.29) is 71.1 Å². The number of aromatic nitrogens is 2. The Morgan fingerprint density at radius 1 is 1.50 bits per heavy atom. The largest absolute Gasteiger partial charge is 1.00 e. The van der Waals surface area contributed by atoms with Crippen molar-refractivity contribution in [1.29, 1.82) is 5.26 Å². The van der Waals surface area contributed by atoms with Crippen molar-refractivity contribution in [2.24, 2.45) is 0 Å². The summed E-state index contributed by atoms with van der Waals surface area (Å²) in [5.41, 5.74) is -1.51. The van der Waals surface area contributed by atoms with Gasteiger partial charge in [0.15, 0.2) is 0 Å². The first-order chi connectivity index (χ1) is 11.2. The summed E-state index contributed by atoms with van der Waals surface area (Å²) in [6.07, 6.45) is -0.0521. The van der Waals surface area contributed by atoms with Crippen molar-refractivity contribution in [2.45, 2.75) is 24.9 Å². The van der Waals surface area contributed by atoms with Crippen LogP contribution in [-0.2, 0) is 13.8 Å². The summed E-state index contributed by atoms with van der Waals surface area (Å²) in [4.78, 5) is 46.4. The van der Waals surface area contributed by atoms with E-state index in [0.29, 0.717) is 0 Å². The number of allylic oxidation sites excluding steroid dienone is 1. The second-order valence-corrected chi connectivity index (χ2v) is 6.04. The maximum absolute atomic E-state index is 11.9. The smallest absolute Gasteiger partial charge is 0.790 e. The summed E-state index contributed by atoms with van der Waals surface area (Å²) in [5, 5.41) is 18.3. The van der Waals surface area contributed by atoms with Crippen LogP contribution in [0.3, 0.4) is 0 Å². The zero-order chi connectivity index (χ0) is 17.9. The average Bonchev–Trinajstić information content (AvgIpc) is 2.84. The fourth-order valence-corrected chi connectivity index (χ4v) is 2.49. The van der Waals surface area contributed by atoms with Gasteiger partial charge >= 0.3 is 64.8 Å². The zero-order valence-corrected chi connectivity index (χ0v) is 18.9. The first kappa shape index (κ1) is 25.9. The van der Waals surface area contributed by atoms with Crippen LogP contribution in [0.2, 0.25) is 0 Å². The molecule has 1 aliphatic heterocycles. The number of hydrogen-bond acceptors (Lipinski definition) is 9. The van der Waals surface area contributed by atoms with Gasteiger partial charge in [0.25, 0.3) is 5.56 Å². The molecular weight excluding hydrogens is 391 g/mol. The molecule has 130 valence electrons. The second kappa shape index (κ2) is 11.1. The first-order valence-electron chi connectivity index (χ1n) is 6.63. The zero-order valence-electron chi connectivity index (χ0n) is 14.0. The van der Waals surface area contributed by atoms with Crippen LogP contribution in [0.4, 0.5) is 0 Å². The molecule has 3 atom stereocenters. The number of nitrogens with zero attached hydrogens (tertiary/aromatic N) is 2. The van der Waals surface area contributed by atoms with Crippen LogP contribution in [0.5, 0.6) is 0 Å². The molecule has 0 aromatic carbocycles. The van der Waals surface area contributed by atoms with Crippen LogP contribution in [-0.4, -0.2) is 33.5 Å². The van der Waals surface area contributed by atoms with Crippen molar-refractivity contribution >= 4 is 13.9 Å². The minimum absolute atomic E-state index is 0. The van der Waals surface area contributed by atoms with Crippen molar-refractivity contribution < 1.29 is 87.8 Å². The minimum atomic E-state index is -5.22. The van der Waals surface area contributed by atoms with Gasteiger partial charge in [0.2, 0.25) is 0 Å². The summed E-state index contributed by atoms with van der Waals surface area (Å²) >= 11 is 0. The predicted octanol–water partition coefficient (Wildman–Crippen LogP) is -8.42. The Balaban J connectivity index is 0.00000312. The van der Waals surface area contributed by atoms with Crippen LogP contribution < -0.4 is 80.2 Å². The topological polar surface area (TPSA) is 181 Å². The fourth-order valence-electron chi connectivity index (χ4n) is 2.16. The van der Waals surface area contributed by atoms with Crippen LogP contribution in [0.1, 0.15) is 18.2 Å². The van der Waals surface area contributed by atoms with E-state index >= 15 is 0 Å². The van der Waals surface area contributed by atoms with Gasteiger partial charge in [0, 0.05) is 18.7 Å². The number of nitriles is 1. The van der Waals surface area contributed by atoms with Gasteiger partial charge in [0.1, 0.15) is 12.3 Å². The van der Waals surface area contributed by atoms with Crippen LogP contribution in [0, 0.1) is 11.3 Å². The summed E-state index contributed by atoms with van der Waals surface area (Å²) in [6, 6.07) is 1.70. The molecule has 0 spiro atoms. The standard InChI is InChI=1S/C12H14N3O8P.2Na/c13-3-1-2-7-5-15(12(18)14-11(7)17)10-4-8(16)9(23-10)6-22-24(19,20)21;;/h1-2,5,8-10,16H,4,6H2,(H,14,17,18)(H2,19,20,21);;/q;2*+1/p-2/b2-1+;;/t8-,9+,10+;;/m0../s1. The van der Waals surface area contributed by atoms with Crippen LogP contribution >= 0.6 is 7.82 Å². The Kier molecular flexibility index (Phi) is 11.0. The van der Waals surface area contributed by atoms with E-state index in [1.807, 2.05) is 4.98 Å². The van der Waals surface area contributed by atoms with Gasteiger partial charge in [0.05, 0.1) is 32.2 Å². The maximum Gasteiger partial charge on any atom is 1.00 e. The molecule has 0 unspecified atom stereocenters. The molecule has 11 nitrogen and oxygen atoms in total. The summed E-state index contributed by atoms with van der Waals surface area (Å²) < 4.78 is 20.8. The number of hydrogen-bond donors (Lipinski definition) is 2. The molecule has 0 aliphatic carbocycles. The van der Waals surface area contributed by atoms with Gasteiger partial charge in [-0.1, -0.05) is 0 Å². The van der Waals surface area contributed by atoms with E-state index < -0.39 is 44.1 Å². The molecular formula is C12H12N3Na2O8P. The van der Waals surface area contributed by atoms with E-state index in [0.717, 1.165) is 16.8 Å². The van der Waals surface area contributed by atoms with E-state index in [1.54, 1.807) is 6.07 Å². The molecule has 1 saturated heterocycles. The SMILES string of the molecule is N#C/C=C/c1cn([C@H]2C[C@H](O)[C@@H](COP(=O)([O-])[O-])O2)c(=O)[nH]c1=O.[Na+].[Na+]. The third-order valence-electron chi connectivity index (χ3n) is 3.24. The van der Waals surface area contributed by atoms with Crippen molar-refractivity contribution in [1.82, 2.24) is 9.55 Å². The summed E-state index contributed by atoms with van der Waals surface area (Å²) in [6.45, 7) is -0.693. The predicted molar refractivity (Wildman–Crippen MR) is 74.1 cm³/mol. The number of H-pyrrole nitrogens is 1. The number of ether oxygens (including phenoxy) is 1. The number of aliphatic hydroxyl groups excluding tert-OH is 1. The van der Waals surface area contributed by atoms with Gasteiger partial charge in [-0.25, -0.2) is 4.79 Å². The molecule has 2 rings (SSSR count). The Morgan fingerprint density at radius 2 is 2.15 bits per heavy atom. The third-order valence-corrected chi connectivity index (χ3v) is 3.71.